The summed E-state index contributed by atoms with van der Waals surface area (Å²) in [6.45, 7) is 0.444. The summed E-state index contributed by atoms with van der Waals surface area (Å²) in [5.74, 6) is -0.356. The third kappa shape index (κ3) is 5.06. The van der Waals surface area contributed by atoms with Gasteiger partial charge in [-0.15, -0.1) is 0 Å². The van der Waals surface area contributed by atoms with Crippen molar-refractivity contribution in [3.8, 4) is 0 Å². The van der Waals surface area contributed by atoms with Gasteiger partial charge in [-0.1, -0.05) is 37.8 Å². The number of methoxy groups -OCH3 is 1. The molecule has 2 N–H and O–H groups in total. The van der Waals surface area contributed by atoms with Crippen LogP contribution in [0.15, 0.2) is 24.3 Å². The molecular formula is C17H24N2O3. The van der Waals surface area contributed by atoms with Gasteiger partial charge in [-0.25, -0.2) is 9.59 Å². The van der Waals surface area contributed by atoms with E-state index in [2.05, 4.69) is 15.4 Å². The van der Waals surface area contributed by atoms with Crippen LogP contribution in [0.25, 0.3) is 0 Å². The number of hydrogen-bond acceptors (Lipinski definition) is 3. The van der Waals surface area contributed by atoms with Gasteiger partial charge in [0.25, 0.3) is 0 Å². The number of rotatable bonds is 4. The number of ether oxygens (including phenoxy) is 1. The zero-order chi connectivity index (χ0) is 15.8. The number of amides is 2. The fraction of sp³-hybridized carbons (Fsp3) is 0.529. The summed E-state index contributed by atoms with van der Waals surface area (Å²) in [5, 5.41) is 5.91. The molecule has 5 heteroatoms. The number of hydrogen-bond donors (Lipinski definition) is 2. The number of esters is 1. The van der Waals surface area contributed by atoms with E-state index >= 15 is 0 Å². The van der Waals surface area contributed by atoms with E-state index < -0.39 is 0 Å². The van der Waals surface area contributed by atoms with E-state index in [1.54, 1.807) is 12.1 Å². The Morgan fingerprint density at radius 1 is 1.09 bits per heavy atom. The molecule has 120 valence electrons. The van der Waals surface area contributed by atoms with Crippen LogP contribution in [0.3, 0.4) is 0 Å². The highest BCUT2D eigenvalue weighted by molar-refractivity contribution is 5.89. The number of urea groups is 1. The lowest BCUT2D eigenvalue weighted by Gasteiger charge is -2.16. The number of nitrogens with one attached hydrogen (secondary N) is 2. The number of carbonyl (C=O) groups is 2. The molecule has 5 nitrogen and oxygen atoms in total. The SMILES string of the molecule is COC(=O)c1ccc(CNC(=O)NC2CCCCCC2)cc1. The monoisotopic (exact) mass is 304 g/mol. The Kier molecular flexibility index (Phi) is 6.25. The highest BCUT2D eigenvalue weighted by Crippen LogP contribution is 2.17. The van der Waals surface area contributed by atoms with Crippen LogP contribution in [0.2, 0.25) is 0 Å². The van der Waals surface area contributed by atoms with Crippen LogP contribution in [-0.4, -0.2) is 25.2 Å². The van der Waals surface area contributed by atoms with E-state index in [0.29, 0.717) is 18.2 Å². The van der Waals surface area contributed by atoms with Gasteiger partial charge < -0.3 is 15.4 Å². The smallest absolute Gasteiger partial charge is 0.337 e. The van der Waals surface area contributed by atoms with Crippen molar-refractivity contribution >= 4 is 12.0 Å². The third-order valence-electron chi connectivity index (χ3n) is 4.02. The summed E-state index contributed by atoms with van der Waals surface area (Å²) in [7, 11) is 1.36. The molecule has 0 spiro atoms. The highest BCUT2D eigenvalue weighted by Gasteiger charge is 2.14. The molecule has 1 aliphatic carbocycles. The maximum atomic E-state index is 11.9. The molecule has 2 amide bonds. The van der Waals surface area contributed by atoms with Crippen molar-refractivity contribution in [1.82, 2.24) is 10.6 Å². The van der Waals surface area contributed by atoms with Crippen molar-refractivity contribution in [2.24, 2.45) is 0 Å². The van der Waals surface area contributed by atoms with Gasteiger partial charge in [0, 0.05) is 12.6 Å². The first-order chi connectivity index (χ1) is 10.7. The summed E-state index contributed by atoms with van der Waals surface area (Å²) in [4.78, 5) is 23.3. The fourth-order valence-corrected chi connectivity index (χ4v) is 2.72. The molecule has 1 fully saturated rings. The molecule has 0 radical (unpaired) electrons. The predicted molar refractivity (Wildman–Crippen MR) is 84.6 cm³/mol. The Labute approximate surface area is 131 Å². The molecule has 22 heavy (non-hydrogen) atoms. The fourth-order valence-electron chi connectivity index (χ4n) is 2.72. The molecule has 0 bridgehead atoms. The molecule has 0 heterocycles. The molecule has 0 aliphatic heterocycles. The molecule has 1 aromatic carbocycles. The van der Waals surface area contributed by atoms with Gasteiger partial charge >= 0.3 is 12.0 Å². The van der Waals surface area contributed by atoms with Gasteiger partial charge in [-0.3, -0.25) is 0 Å². The standard InChI is InChI=1S/C17H24N2O3/c1-22-16(20)14-10-8-13(9-11-14)12-18-17(21)19-15-6-4-2-3-5-7-15/h8-11,15H,2-7,12H2,1H3,(H2,18,19,21). The number of carbonyl (C=O) groups excluding carboxylic acids is 2. The largest absolute Gasteiger partial charge is 0.465 e. The Balaban J connectivity index is 1.76. The van der Waals surface area contributed by atoms with Gasteiger partial charge in [0.15, 0.2) is 0 Å². The van der Waals surface area contributed by atoms with Gasteiger partial charge in [0.05, 0.1) is 12.7 Å². The summed E-state index contributed by atoms with van der Waals surface area (Å²) in [5.41, 5.74) is 1.46. The molecule has 0 unspecified atom stereocenters. The van der Waals surface area contributed by atoms with Crippen molar-refractivity contribution in [1.29, 1.82) is 0 Å². The maximum Gasteiger partial charge on any atom is 0.337 e. The van der Waals surface area contributed by atoms with Gasteiger partial charge in [-0.05, 0) is 30.5 Å². The molecular weight excluding hydrogens is 280 g/mol. The van der Waals surface area contributed by atoms with E-state index in [9.17, 15) is 9.59 Å². The zero-order valence-corrected chi connectivity index (χ0v) is 13.1. The van der Waals surface area contributed by atoms with E-state index in [0.717, 1.165) is 18.4 Å². The minimum atomic E-state index is -0.356. The normalized spacial score (nSPS) is 15.7. The average Bonchev–Trinajstić information content (AvgIpc) is 2.81. The number of benzene rings is 1. The van der Waals surface area contributed by atoms with Crippen LogP contribution in [-0.2, 0) is 11.3 Å². The second-order valence-corrected chi connectivity index (χ2v) is 5.70. The van der Waals surface area contributed by atoms with Crippen LogP contribution >= 0.6 is 0 Å². The summed E-state index contributed by atoms with van der Waals surface area (Å²) < 4.78 is 4.65. The van der Waals surface area contributed by atoms with Gasteiger partial charge in [-0.2, -0.15) is 0 Å². The topological polar surface area (TPSA) is 67.4 Å². The lowest BCUT2D eigenvalue weighted by molar-refractivity contribution is 0.0600. The maximum absolute atomic E-state index is 11.9. The molecule has 1 aliphatic rings. The van der Waals surface area contributed by atoms with Crippen LogP contribution in [0.4, 0.5) is 4.79 Å². The van der Waals surface area contributed by atoms with Gasteiger partial charge in [0.2, 0.25) is 0 Å². The second-order valence-electron chi connectivity index (χ2n) is 5.70. The Hall–Kier alpha value is -2.04. The molecule has 0 atom stereocenters. The first kappa shape index (κ1) is 16.3. The van der Waals surface area contributed by atoms with E-state index in [-0.39, 0.29) is 12.0 Å². The summed E-state index contributed by atoms with van der Waals surface area (Å²) >= 11 is 0. The predicted octanol–water partition coefficient (Wildman–Crippen LogP) is 3.00. The third-order valence-corrected chi connectivity index (χ3v) is 4.02. The van der Waals surface area contributed by atoms with Crippen LogP contribution < -0.4 is 10.6 Å². The molecule has 1 saturated carbocycles. The molecule has 1 aromatic rings. The minimum absolute atomic E-state index is 0.121. The average molecular weight is 304 g/mol. The van der Waals surface area contributed by atoms with Crippen molar-refractivity contribution in [3.63, 3.8) is 0 Å². The van der Waals surface area contributed by atoms with Crippen molar-refractivity contribution in [3.05, 3.63) is 35.4 Å². The van der Waals surface area contributed by atoms with E-state index in [1.165, 1.54) is 32.8 Å². The highest BCUT2D eigenvalue weighted by atomic mass is 16.5. The Bertz CT molecular complexity index is 491. The minimum Gasteiger partial charge on any atom is -0.465 e. The Morgan fingerprint density at radius 2 is 1.73 bits per heavy atom. The molecule has 0 aromatic heterocycles. The second kappa shape index (κ2) is 8.41. The van der Waals surface area contributed by atoms with Crippen LogP contribution in [0, 0.1) is 0 Å². The van der Waals surface area contributed by atoms with Crippen LogP contribution in [0.1, 0.15) is 54.4 Å². The summed E-state index contributed by atoms with van der Waals surface area (Å²) in [6, 6.07) is 7.21. The zero-order valence-electron chi connectivity index (χ0n) is 13.1. The Morgan fingerprint density at radius 3 is 2.32 bits per heavy atom. The van der Waals surface area contributed by atoms with Gasteiger partial charge in [0.1, 0.15) is 0 Å². The van der Waals surface area contributed by atoms with Crippen molar-refractivity contribution in [2.45, 2.75) is 51.1 Å². The first-order valence-corrected chi connectivity index (χ1v) is 7.90. The summed E-state index contributed by atoms with van der Waals surface area (Å²) in [6.07, 6.45) is 7.07. The van der Waals surface area contributed by atoms with E-state index in [1.807, 2.05) is 12.1 Å². The first-order valence-electron chi connectivity index (χ1n) is 7.90. The van der Waals surface area contributed by atoms with Crippen molar-refractivity contribution in [2.75, 3.05) is 7.11 Å². The van der Waals surface area contributed by atoms with Crippen LogP contribution in [0.5, 0.6) is 0 Å². The lowest BCUT2D eigenvalue weighted by Crippen LogP contribution is -2.41. The molecule has 2 rings (SSSR count). The lowest BCUT2D eigenvalue weighted by atomic mass is 10.1. The quantitative estimate of drug-likeness (QED) is 0.664. The van der Waals surface area contributed by atoms with E-state index in [4.69, 9.17) is 0 Å². The van der Waals surface area contributed by atoms with Crippen molar-refractivity contribution < 1.29 is 14.3 Å². The molecule has 0 saturated heterocycles.